The molecule has 294 valence electrons. The minimum absolute atomic E-state index is 0.0996. The molecule has 3 aromatic carbocycles. The third-order valence-corrected chi connectivity index (χ3v) is 12.3. The molecule has 6 aliphatic rings. The SMILES string of the molecule is Nc1ncnc2c1C(c1ccc(Oc3ccccc3)cc1)=N/[N+]2=C/C1CCN(C2CN(CC3CN(c4ccc5c(c4)C(=O)N(C4CCC(=O)NC4=O)C5=O)C3)C2)CC1. The summed E-state index contributed by atoms with van der Waals surface area (Å²) >= 11 is 0. The summed E-state index contributed by atoms with van der Waals surface area (Å²) in [6.45, 7) is 6.99. The molecule has 4 aromatic rings. The van der Waals surface area contributed by atoms with Crippen molar-refractivity contribution < 1.29 is 28.6 Å². The molecule has 0 spiro atoms. The first kappa shape index (κ1) is 36.0. The van der Waals surface area contributed by atoms with Crippen molar-refractivity contribution >= 4 is 52.9 Å². The molecule has 0 bridgehead atoms. The Morgan fingerprint density at radius 1 is 0.845 bits per heavy atom. The number of imide groups is 2. The summed E-state index contributed by atoms with van der Waals surface area (Å²) in [5, 5.41) is 7.24. The predicted molar refractivity (Wildman–Crippen MR) is 214 cm³/mol. The molecule has 1 aromatic heterocycles. The number of amides is 4. The van der Waals surface area contributed by atoms with Crippen LogP contribution in [0.25, 0.3) is 0 Å². The summed E-state index contributed by atoms with van der Waals surface area (Å²) in [6, 6.07) is 22.5. The van der Waals surface area contributed by atoms with Gasteiger partial charge in [0.05, 0.1) is 11.1 Å². The van der Waals surface area contributed by atoms with E-state index in [9.17, 15) is 19.2 Å². The number of nitrogens with zero attached hydrogens (tertiary/aromatic N) is 8. The van der Waals surface area contributed by atoms with Gasteiger partial charge in [-0.15, -0.1) is 4.68 Å². The molecule has 4 fully saturated rings. The van der Waals surface area contributed by atoms with Crippen molar-refractivity contribution in [2.45, 2.75) is 37.8 Å². The number of nitrogens with two attached hydrogens (primary N) is 1. The average molecular weight is 780 g/mol. The number of anilines is 2. The Morgan fingerprint density at radius 2 is 1.59 bits per heavy atom. The Kier molecular flexibility index (Phi) is 9.05. The Hall–Kier alpha value is -6.32. The van der Waals surface area contributed by atoms with Gasteiger partial charge in [-0.2, -0.15) is 4.98 Å². The molecule has 0 radical (unpaired) electrons. The van der Waals surface area contributed by atoms with E-state index in [0.717, 1.165) is 97.6 Å². The fraction of sp³-hybridized carbons (Fsp3) is 0.349. The van der Waals surface area contributed by atoms with Crippen molar-refractivity contribution in [2.75, 3.05) is 56.4 Å². The van der Waals surface area contributed by atoms with E-state index < -0.39 is 23.8 Å². The quantitative estimate of drug-likeness (QED) is 0.189. The highest BCUT2D eigenvalue weighted by Gasteiger charge is 2.45. The van der Waals surface area contributed by atoms with Gasteiger partial charge >= 0.3 is 5.82 Å². The van der Waals surface area contributed by atoms with Gasteiger partial charge in [0, 0.05) is 68.3 Å². The minimum Gasteiger partial charge on any atom is -0.457 e. The molecule has 15 nitrogen and oxygen atoms in total. The third kappa shape index (κ3) is 6.59. The minimum atomic E-state index is -0.961. The van der Waals surface area contributed by atoms with Crippen LogP contribution in [0.15, 0.2) is 84.2 Å². The monoisotopic (exact) mass is 779 g/mol. The highest BCUT2D eigenvalue weighted by atomic mass is 16.5. The first-order chi connectivity index (χ1) is 28.3. The molecule has 10 rings (SSSR count). The second-order valence-corrected chi connectivity index (χ2v) is 16.0. The Balaban J connectivity index is 0.704. The zero-order valence-corrected chi connectivity index (χ0v) is 31.9. The van der Waals surface area contributed by atoms with Crippen LogP contribution in [0, 0.1) is 11.8 Å². The largest absolute Gasteiger partial charge is 0.457 e. The van der Waals surface area contributed by atoms with Gasteiger partial charge < -0.3 is 15.4 Å². The normalized spacial score (nSPS) is 22.4. The number of hydrogen-bond acceptors (Lipinski definition) is 12. The number of likely N-dealkylation sites (tertiary alicyclic amines) is 2. The highest BCUT2D eigenvalue weighted by Crippen LogP contribution is 2.35. The van der Waals surface area contributed by atoms with Crippen molar-refractivity contribution in [1.29, 1.82) is 0 Å². The maximum atomic E-state index is 13.3. The summed E-state index contributed by atoms with van der Waals surface area (Å²) in [7, 11) is 0. The number of nitrogen functional groups attached to an aromatic ring is 1. The number of benzene rings is 3. The van der Waals surface area contributed by atoms with E-state index in [4.69, 9.17) is 15.6 Å². The average Bonchev–Trinajstić information content (AvgIpc) is 3.68. The van der Waals surface area contributed by atoms with E-state index in [-0.39, 0.29) is 18.7 Å². The van der Waals surface area contributed by atoms with Crippen LogP contribution in [0.1, 0.15) is 57.5 Å². The molecule has 58 heavy (non-hydrogen) atoms. The molecule has 4 amide bonds. The fourth-order valence-corrected chi connectivity index (χ4v) is 9.08. The Bertz CT molecular complexity index is 2380. The lowest BCUT2D eigenvalue weighted by molar-refractivity contribution is -0.442. The topological polar surface area (TPSA) is 170 Å². The molecule has 0 aliphatic carbocycles. The van der Waals surface area contributed by atoms with Crippen LogP contribution < -0.4 is 20.7 Å². The number of fused-ring (bicyclic) bond motifs is 2. The second kappa shape index (κ2) is 14.6. The lowest BCUT2D eigenvalue weighted by Gasteiger charge is -2.50. The predicted octanol–water partition coefficient (Wildman–Crippen LogP) is 3.27. The van der Waals surface area contributed by atoms with Crippen LogP contribution in [-0.4, -0.2) is 123 Å². The lowest BCUT2D eigenvalue weighted by Crippen LogP contribution is -2.63. The summed E-state index contributed by atoms with van der Waals surface area (Å²) in [5.41, 5.74) is 10.3. The molecular weight excluding hydrogens is 737 g/mol. The van der Waals surface area contributed by atoms with Crippen molar-refractivity contribution in [3.05, 3.63) is 101 Å². The van der Waals surface area contributed by atoms with Gasteiger partial charge in [-0.05, 0) is 91.9 Å². The fourth-order valence-electron chi connectivity index (χ4n) is 9.08. The highest BCUT2D eigenvalue weighted by molar-refractivity contribution is 6.24. The number of hydrogen-bond donors (Lipinski definition) is 2. The molecule has 0 saturated carbocycles. The van der Waals surface area contributed by atoms with Crippen LogP contribution >= 0.6 is 0 Å². The zero-order chi connectivity index (χ0) is 39.5. The van der Waals surface area contributed by atoms with E-state index in [0.29, 0.717) is 40.6 Å². The van der Waals surface area contributed by atoms with E-state index >= 15 is 0 Å². The number of hydrazone groups is 1. The molecule has 3 N–H and O–H groups in total. The number of carbonyl (C=O) groups excluding carboxylic acids is 4. The summed E-state index contributed by atoms with van der Waals surface area (Å²) in [6.07, 6.45) is 6.01. The van der Waals surface area contributed by atoms with Crippen LogP contribution in [0.5, 0.6) is 11.5 Å². The smallest absolute Gasteiger partial charge is 0.363 e. The molecule has 7 heterocycles. The second-order valence-electron chi connectivity index (χ2n) is 16.0. The molecule has 1 unspecified atom stereocenters. The van der Waals surface area contributed by atoms with Crippen molar-refractivity contribution in [1.82, 2.24) is 30.0 Å². The molecule has 4 saturated heterocycles. The van der Waals surface area contributed by atoms with Crippen LogP contribution in [0.2, 0.25) is 0 Å². The maximum absolute atomic E-state index is 13.3. The van der Waals surface area contributed by atoms with E-state index in [2.05, 4.69) is 36.2 Å². The van der Waals surface area contributed by atoms with Gasteiger partial charge in [0.15, 0.2) is 0 Å². The van der Waals surface area contributed by atoms with Gasteiger partial charge in [-0.3, -0.25) is 39.2 Å². The Labute approximate surface area is 334 Å². The van der Waals surface area contributed by atoms with E-state index in [1.807, 2.05) is 65.3 Å². The molecule has 1 atom stereocenters. The first-order valence-corrected chi connectivity index (χ1v) is 20.0. The van der Waals surface area contributed by atoms with Crippen molar-refractivity contribution in [3.63, 3.8) is 0 Å². The number of aromatic nitrogens is 2. The van der Waals surface area contributed by atoms with E-state index in [1.54, 1.807) is 12.1 Å². The standard InChI is InChI=1S/C43H42N10O5/c44-39-37-38(28-6-9-32(10-7-28)58-31-4-2-1-3-5-31)48-52(40(37)46-25-45-39)22-26-14-16-50(17-15-26)30-23-49(24-30)19-27-20-51(21-27)29-8-11-33-34(18-29)43(57)53(42(33)56)35-12-13-36(54)47-41(35)55/h1-11,18,22,25-27,30,35H,12-17,19-21,23-24H2,(H2-,44,45,46,47,48,54,55)/p+1/b52-22+. The van der Waals surface area contributed by atoms with Gasteiger partial charge in [-0.1, -0.05) is 23.3 Å². The van der Waals surface area contributed by atoms with Gasteiger partial charge in [0.2, 0.25) is 18.1 Å². The number of carbonyl (C=O) groups is 4. The van der Waals surface area contributed by atoms with Gasteiger partial charge in [-0.25, -0.2) is 0 Å². The van der Waals surface area contributed by atoms with Crippen LogP contribution in [0.4, 0.5) is 17.3 Å². The third-order valence-electron chi connectivity index (χ3n) is 12.3. The first-order valence-electron chi connectivity index (χ1n) is 20.0. The van der Waals surface area contributed by atoms with Crippen molar-refractivity contribution in [3.8, 4) is 11.5 Å². The lowest BCUT2D eigenvalue weighted by atomic mass is 9.93. The Morgan fingerprint density at radius 3 is 2.34 bits per heavy atom. The van der Waals surface area contributed by atoms with Gasteiger partial charge in [0.25, 0.3) is 11.8 Å². The van der Waals surface area contributed by atoms with Crippen molar-refractivity contribution in [2.24, 2.45) is 16.9 Å². The van der Waals surface area contributed by atoms with Gasteiger partial charge in [0.1, 0.15) is 40.8 Å². The number of ether oxygens (including phenoxy) is 1. The summed E-state index contributed by atoms with van der Waals surface area (Å²) < 4.78 is 7.88. The summed E-state index contributed by atoms with van der Waals surface area (Å²) in [4.78, 5) is 67.7. The number of nitrogens with one attached hydrogen (secondary N) is 1. The number of rotatable bonds is 9. The molecule has 15 heteroatoms. The summed E-state index contributed by atoms with van der Waals surface area (Å²) in [5.74, 6) is 1.57. The zero-order valence-electron chi connectivity index (χ0n) is 31.9. The molecular formula is C43H43N10O5+. The van der Waals surface area contributed by atoms with Crippen LogP contribution in [-0.2, 0) is 9.59 Å². The number of piperidine rings is 2. The molecule has 6 aliphatic heterocycles. The van der Waals surface area contributed by atoms with Crippen LogP contribution in [0.3, 0.4) is 0 Å². The van der Waals surface area contributed by atoms with E-state index in [1.165, 1.54) is 6.33 Å². The number of para-hydroxylation sites is 1. The maximum Gasteiger partial charge on any atom is 0.363 e.